The molecular weight excluding hydrogens is 220 g/mol. The van der Waals surface area contributed by atoms with Gasteiger partial charge in [0.05, 0.1) is 5.52 Å². The number of benzene rings is 1. The summed E-state index contributed by atoms with van der Waals surface area (Å²) in [6.07, 6.45) is 2.98. The Morgan fingerprint density at radius 1 is 1.28 bits per heavy atom. The molecule has 2 aromatic rings. The van der Waals surface area contributed by atoms with Gasteiger partial charge >= 0.3 is 0 Å². The molecule has 18 heavy (non-hydrogen) atoms. The van der Waals surface area contributed by atoms with Crippen LogP contribution in [0.3, 0.4) is 0 Å². The van der Waals surface area contributed by atoms with Gasteiger partial charge in [-0.1, -0.05) is 32.9 Å². The molecule has 0 saturated carbocycles. The van der Waals surface area contributed by atoms with Crippen molar-refractivity contribution in [2.75, 3.05) is 7.05 Å². The van der Waals surface area contributed by atoms with Crippen LogP contribution in [-0.2, 0) is 0 Å². The van der Waals surface area contributed by atoms with Gasteiger partial charge in [-0.2, -0.15) is 0 Å². The van der Waals surface area contributed by atoms with Gasteiger partial charge in [0, 0.05) is 17.6 Å². The standard InChI is InChI=1S/C16H22N2/c1-5-16(2,3)15(17-4)13-8-9-14-12(11-13)7-6-10-18-14/h6-11,15,17H,5H2,1-4H3. The fourth-order valence-electron chi connectivity index (χ4n) is 2.49. The van der Waals surface area contributed by atoms with Gasteiger partial charge in [0.15, 0.2) is 0 Å². The summed E-state index contributed by atoms with van der Waals surface area (Å²) in [7, 11) is 2.04. The minimum absolute atomic E-state index is 0.241. The van der Waals surface area contributed by atoms with Crippen LogP contribution >= 0.6 is 0 Å². The highest BCUT2D eigenvalue weighted by atomic mass is 14.9. The maximum atomic E-state index is 4.37. The average Bonchev–Trinajstić information content (AvgIpc) is 2.39. The lowest BCUT2D eigenvalue weighted by atomic mass is 9.78. The van der Waals surface area contributed by atoms with Crippen LogP contribution in [0.1, 0.15) is 38.8 Å². The monoisotopic (exact) mass is 242 g/mol. The molecule has 0 saturated heterocycles. The van der Waals surface area contributed by atoms with Crippen LogP contribution in [-0.4, -0.2) is 12.0 Å². The van der Waals surface area contributed by atoms with Crippen LogP contribution in [0.2, 0.25) is 0 Å². The van der Waals surface area contributed by atoms with Crippen molar-refractivity contribution in [1.29, 1.82) is 0 Å². The second-order valence-corrected chi connectivity index (χ2v) is 5.52. The van der Waals surface area contributed by atoms with Gasteiger partial charge in [0.25, 0.3) is 0 Å². The Labute approximate surface area is 109 Å². The largest absolute Gasteiger partial charge is 0.313 e. The first-order valence-corrected chi connectivity index (χ1v) is 6.60. The summed E-state index contributed by atoms with van der Waals surface area (Å²) in [4.78, 5) is 4.37. The molecule has 0 aliphatic carbocycles. The first-order chi connectivity index (χ1) is 8.58. The number of rotatable bonds is 4. The van der Waals surface area contributed by atoms with Crippen molar-refractivity contribution in [2.45, 2.75) is 33.2 Å². The lowest BCUT2D eigenvalue weighted by Gasteiger charge is -2.33. The Hall–Kier alpha value is -1.41. The van der Waals surface area contributed by atoms with E-state index < -0.39 is 0 Å². The van der Waals surface area contributed by atoms with Crippen molar-refractivity contribution in [3.05, 3.63) is 42.1 Å². The van der Waals surface area contributed by atoms with E-state index in [9.17, 15) is 0 Å². The summed E-state index contributed by atoms with van der Waals surface area (Å²) in [5.74, 6) is 0. The molecule has 1 N–H and O–H groups in total. The Balaban J connectivity index is 2.46. The molecule has 96 valence electrons. The minimum atomic E-state index is 0.241. The molecule has 0 aliphatic heterocycles. The van der Waals surface area contributed by atoms with Gasteiger partial charge in [-0.15, -0.1) is 0 Å². The van der Waals surface area contributed by atoms with E-state index in [0.29, 0.717) is 6.04 Å². The molecular formula is C16H22N2. The minimum Gasteiger partial charge on any atom is -0.313 e. The van der Waals surface area contributed by atoms with Crippen LogP contribution in [0.4, 0.5) is 0 Å². The summed E-state index contributed by atoms with van der Waals surface area (Å²) in [5, 5.41) is 4.66. The van der Waals surface area contributed by atoms with E-state index >= 15 is 0 Å². The maximum Gasteiger partial charge on any atom is 0.0702 e. The third-order valence-corrected chi connectivity index (χ3v) is 3.94. The molecule has 2 nitrogen and oxygen atoms in total. The smallest absolute Gasteiger partial charge is 0.0702 e. The Morgan fingerprint density at radius 3 is 2.72 bits per heavy atom. The number of pyridine rings is 1. The number of aromatic nitrogens is 1. The van der Waals surface area contributed by atoms with Crippen molar-refractivity contribution in [3.63, 3.8) is 0 Å². The van der Waals surface area contributed by atoms with E-state index in [-0.39, 0.29) is 5.41 Å². The fourth-order valence-corrected chi connectivity index (χ4v) is 2.49. The summed E-state index contributed by atoms with van der Waals surface area (Å²) < 4.78 is 0. The molecule has 2 heteroatoms. The normalized spacial score (nSPS) is 13.8. The van der Waals surface area contributed by atoms with E-state index in [2.05, 4.69) is 55.3 Å². The zero-order valence-corrected chi connectivity index (χ0v) is 11.7. The number of fused-ring (bicyclic) bond motifs is 1. The fraction of sp³-hybridized carbons (Fsp3) is 0.438. The molecule has 0 radical (unpaired) electrons. The molecule has 1 unspecified atom stereocenters. The maximum absolute atomic E-state index is 4.37. The first-order valence-electron chi connectivity index (χ1n) is 6.60. The molecule has 0 bridgehead atoms. The van der Waals surface area contributed by atoms with Crippen LogP contribution in [0.5, 0.6) is 0 Å². The zero-order chi connectivity index (χ0) is 13.2. The van der Waals surface area contributed by atoms with E-state index in [0.717, 1.165) is 11.9 Å². The van der Waals surface area contributed by atoms with Gasteiger partial charge in [0.1, 0.15) is 0 Å². The summed E-state index contributed by atoms with van der Waals surface area (Å²) in [6, 6.07) is 11.0. The second-order valence-electron chi connectivity index (χ2n) is 5.52. The van der Waals surface area contributed by atoms with Crippen LogP contribution < -0.4 is 5.32 Å². The molecule has 0 aliphatic rings. The van der Waals surface area contributed by atoms with Gasteiger partial charge in [-0.05, 0) is 42.6 Å². The molecule has 0 spiro atoms. The molecule has 0 fully saturated rings. The molecule has 1 heterocycles. The lowest BCUT2D eigenvalue weighted by Crippen LogP contribution is -2.31. The third kappa shape index (κ3) is 2.39. The highest BCUT2D eigenvalue weighted by Crippen LogP contribution is 2.36. The first kappa shape index (κ1) is 13.0. The zero-order valence-electron chi connectivity index (χ0n) is 11.7. The highest BCUT2D eigenvalue weighted by molar-refractivity contribution is 5.79. The van der Waals surface area contributed by atoms with Gasteiger partial charge in [-0.25, -0.2) is 0 Å². The Bertz CT molecular complexity index is 531. The second kappa shape index (κ2) is 5.07. The molecule has 0 amide bonds. The average molecular weight is 242 g/mol. The van der Waals surface area contributed by atoms with E-state index in [1.165, 1.54) is 10.9 Å². The SMILES string of the molecule is CCC(C)(C)C(NC)c1ccc2ncccc2c1. The lowest BCUT2D eigenvalue weighted by molar-refractivity contribution is 0.245. The number of nitrogens with one attached hydrogen (secondary N) is 1. The summed E-state index contributed by atoms with van der Waals surface area (Å²) >= 11 is 0. The predicted octanol–water partition coefficient (Wildman–Crippen LogP) is 3.93. The van der Waals surface area contributed by atoms with Gasteiger partial charge in [-0.3, -0.25) is 4.98 Å². The van der Waals surface area contributed by atoms with Gasteiger partial charge < -0.3 is 5.32 Å². The predicted molar refractivity (Wildman–Crippen MR) is 77.6 cm³/mol. The summed E-state index contributed by atoms with van der Waals surface area (Å²) in [5.41, 5.74) is 2.64. The van der Waals surface area contributed by atoms with E-state index in [1.54, 1.807) is 0 Å². The molecule has 1 atom stereocenters. The van der Waals surface area contributed by atoms with E-state index in [4.69, 9.17) is 0 Å². The van der Waals surface area contributed by atoms with Crippen LogP contribution in [0.25, 0.3) is 10.9 Å². The highest BCUT2D eigenvalue weighted by Gasteiger charge is 2.27. The molecule has 1 aromatic carbocycles. The van der Waals surface area contributed by atoms with Crippen LogP contribution in [0.15, 0.2) is 36.5 Å². The van der Waals surface area contributed by atoms with Crippen molar-refractivity contribution in [3.8, 4) is 0 Å². The van der Waals surface area contributed by atoms with Crippen LogP contribution in [0, 0.1) is 5.41 Å². The Kier molecular flexibility index (Phi) is 3.67. The van der Waals surface area contributed by atoms with Crippen molar-refractivity contribution in [2.24, 2.45) is 5.41 Å². The van der Waals surface area contributed by atoms with Crippen molar-refractivity contribution < 1.29 is 0 Å². The number of hydrogen-bond donors (Lipinski definition) is 1. The topological polar surface area (TPSA) is 24.9 Å². The Morgan fingerprint density at radius 2 is 2.06 bits per heavy atom. The van der Waals surface area contributed by atoms with E-state index in [1.807, 2.05) is 19.3 Å². The third-order valence-electron chi connectivity index (χ3n) is 3.94. The number of nitrogens with zero attached hydrogens (tertiary/aromatic N) is 1. The quantitative estimate of drug-likeness (QED) is 0.878. The van der Waals surface area contributed by atoms with Crippen molar-refractivity contribution in [1.82, 2.24) is 10.3 Å². The van der Waals surface area contributed by atoms with Crippen molar-refractivity contribution >= 4 is 10.9 Å². The van der Waals surface area contributed by atoms with Gasteiger partial charge in [0.2, 0.25) is 0 Å². The summed E-state index contributed by atoms with van der Waals surface area (Å²) in [6.45, 7) is 6.86. The molecule has 1 aromatic heterocycles. The number of hydrogen-bond acceptors (Lipinski definition) is 2. The molecule has 2 rings (SSSR count).